The third-order valence-electron chi connectivity index (χ3n) is 4.21. The maximum absolute atomic E-state index is 13.5. The van der Waals surface area contributed by atoms with Gasteiger partial charge in [0.05, 0.1) is 0 Å². The molecule has 0 radical (unpaired) electrons. The fourth-order valence-corrected chi connectivity index (χ4v) is 2.85. The zero-order valence-electron chi connectivity index (χ0n) is 11.5. The number of anilines is 1. The Morgan fingerprint density at radius 1 is 1.22 bits per heavy atom. The molecule has 0 heterocycles. The molecule has 0 aromatic heterocycles. The lowest BCUT2D eigenvalue weighted by Gasteiger charge is -2.18. The van der Waals surface area contributed by atoms with Crippen LogP contribution < -0.4 is 5.32 Å². The second-order valence-corrected chi connectivity index (χ2v) is 5.59. The van der Waals surface area contributed by atoms with E-state index in [-0.39, 0.29) is 5.82 Å². The first-order valence-electron chi connectivity index (χ1n) is 7.21. The van der Waals surface area contributed by atoms with Crippen molar-refractivity contribution in [2.24, 2.45) is 5.92 Å². The van der Waals surface area contributed by atoms with Gasteiger partial charge < -0.3 is 5.32 Å². The maximum Gasteiger partial charge on any atom is 0.128 e. The number of benzene rings is 1. The molecule has 0 aliphatic heterocycles. The lowest BCUT2D eigenvalue weighted by Crippen LogP contribution is -2.18. The van der Waals surface area contributed by atoms with E-state index in [9.17, 15) is 4.39 Å². The van der Waals surface area contributed by atoms with Gasteiger partial charge in [0.2, 0.25) is 0 Å². The average molecular weight is 249 g/mol. The van der Waals surface area contributed by atoms with Gasteiger partial charge in [-0.2, -0.15) is 0 Å². The van der Waals surface area contributed by atoms with Crippen LogP contribution in [0.5, 0.6) is 0 Å². The van der Waals surface area contributed by atoms with E-state index in [1.54, 1.807) is 13.0 Å². The van der Waals surface area contributed by atoms with Crippen molar-refractivity contribution in [3.05, 3.63) is 29.6 Å². The van der Waals surface area contributed by atoms with Crippen molar-refractivity contribution in [3.8, 4) is 0 Å². The minimum Gasteiger partial charge on any atom is -0.382 e. The first-order chi connectivity index (χ1) is 8.69. The zero-order chi connectivity index (χ0) is 13.0. The van der Waals surface area contributed by atoms with Gasteiger partial charge in [-0.1, -0.05) is 32.3 Å². The van der Waals surface area contributed by atoms with E-state index in [0.717, 1.165) is 11.6 Å². The molecule has 1 fully saturated rings. The summed E-state index contributed by atoms with van der Waals surface area (Å²) >= 11 is 0. The summed E-state index contributed by atoms with van der Waals surface area (Å²) in [5, 5.41) is 3.49. The minimum absolute atomic E-state index is 0.111. The molecule has 0 spiro atoms. The van der Waals surface area contributed by atoms with Gasteiger partial charge in [-0.05, 0) is 49.8 Å². The van der Waals surface area contributed by atoms with Gasteiger partial charge in [-0.3, -0.25) is 0 Å². The molecule has 1 saturated carbocycles. The Kier molecular flexibility index (Phi) is 4.62. The highest BCUT2D eigenvalue weighted by Crippen LogP contribution is 2.27. The Morgan fingerprint density at radius 3 is 2.78 bits per heavy atom. The van der Waals surface area contributed by atoms with Gasteiger partial charge in [0.15, 0.2) is 0 Å². The van der Waals surface area contributed by atoms with E-state index in [4.69, 9.17) is 0 Å². The van der Waals surface area contributed by atoms with Crippen LogP contribution in [0.3, 0.4) is 0 Å². The zero-order valence-corrected chi connectivity index (χ0v) is 11.5. The molecule has 2 atom stereocenters. The quantitative estimate of drug-likeness (QED) is 0.751. The van der Waals surface area contributed by atoms with Crippen molar-refractivity contribution in [3.63, 3.8) is 0 Å². The number of rotatable bonds is 3. The largest absolute Gasteiger partial charge is 0.382 e. The summed E-state index contributed by atoms with van der Waals surface area (Å²) in [6, 6.07) is 5.98. The van der Waals surface area contributed by atoms with Gasteiger partial charge in [-0.15, -0.1) is 0 Å². The van der Waals surface area contributed by atoms with Crippen molar-refractivity contribution in [2.45, 2.75) is 58.4 Å². The van der Waals surface area contributed by atoms with E-state index in [2.05, 4.69) is 12.2 Å². The highest BCUT2D eigenvalue weighted by Gasteiger charge is 2.17. The van der Waals surface area contributed by atoms with Gasteiger partial charge >= 0.3 is 0 Å². The molecule has 100 valence electrons. The maximum atomic E-state index is 13.5. The topological polar surface area (TPSA) is 12.0 Å². The molecule has 0 saturated heterocycles. The molecule has 1 aliphatic carbocycles. The van der Waals surface area contributed by atoms with Gasteiger partial charge in [0, 0.05) is 11.7 Å². The van der Waals surface area contributed by atoms with E-state index in [0.29, 0.717) is 11.6 Å². The number of aryl methyl sites for hydroxylation is 1. The first-order valence-corrected chi connectivity index (χ1v) is 7.21. The molecule has 1 nitrogen and oxygen atoms in total. The van der Waals surface area contributed by atoms with Crippen molar-refractivity contribution >= 4 is 5.69 Å². The molecule has 2 heteroatoms. The van der Waals surface area contributed by atoms with Crippen molar-refractivity contribution in [1.29, 1.82) is 0 Å². The van der Waals surface area contributed by atoms with Crippen LogP contribution in [0.25, 0.3) is 0 Å². The number of hydrogen-bond acceptors (Lipinski definition) is 1. The first kappa shape index (κ1) is 13.4. The Morgan fingerprint density at radius 2 is 2.06 bits per heavy atom. The van der Waals surface area contributed by atoms with E-state index >= 15 is 0 Å². The Labute approximate surface area is 110 Å². The molecule has 2 unspecified atom stereocenters. The van der Waals surface area contributed by atoms with Gasteiger partial charge in [0.25, 0.3) is 0 Å². The summed E-state index contributed by atoms with van der Waals surface area (Å²) in [5.74, 6) is 0.784. The Balaban J connectivity index is 1.94. The van der Waals surface area contributed by atoms with Crippen LogP contribution >= 0.6 is 0 Å². The average Bonchev–Trinajstić information content (AvgIpc) is 2.59. The molecule has 1 aromatic carbocycles. The van der Waals surface area contributed by atoms with E-state index in [1.807, 2.05) is 12.1 Å². The monoisotopic (exact) mass is 249 g/mol. The minimum atomic E-state index is -0.111. The molecule has 0 bridgehead atoms. The number of halogens is 1. The second kappa shape index (κ2) is 6.21. The normalized spacial score (nSPS) is 24.6. The molecule has 1 N–H and O–H groups in total. The van der Waals surface area contributed by atoms with Crippen molar-refractivity contribution in [2.75, 3.05) is 5.32 Å². The highest BCUT2D eigenvalue weighted by atomic mass is 19.1. The SMILES string of the molecule is CCC1CCCC(Nc2ccc(C)c(F)c2)CC1. The predicted octanol–water partition coefficient (Wildman–Crippen LogP) is 4.90. The van der Waals surface area contributed by atoms with E-state index in [1.165, 1.54) is 38.5 Å². The smallest absolute Gasteiger partial charge is 0.128 e. The summed E-state index contributed by atoms with van der Waals surface area (Å²) < 4.78 is 13.5. The van der Waals surface area contributed by atoms with Crippen LogP contribution in [0.2, 0.25) is 0 Å². The molecule has 1 aromatic rings. The van der Waals surface area contributed by atoms with Gasteiger partial charge in [-0.25, -0.2) is 4.39 Å². The van der Waals surface area contributed by atoms with Crippen molar-refractivity contribution < 1.29 is 4.39 Å². The fourth-order valence-electron chi connectivity index (χ4n) is 2.85. The lowest BCUT2D eigenvalue weighted by molar-refractivity contribution is 0.444. The summed E-state index contributed by atoms with van der Waals surface area (Å²) in [6.45, 7) is 4.09. The van der Waals surface area contributed by atoms with Crippen LogP contribution in [0.15, 0.2) is 18.2 Å². The summed E-state index contributed by atoms with van der Waals surface area (Å²) in [7, 11) is 0. The van der Waals surface area contributed by atoms with Crippen LogP contribution in [0.4, 0.5) is 10.1 Å². The third-order valence-corrected chi connectivity index (χ3v) is 4.21. The number of hydrogen-bond donors (Lipinski definition) is 1. The van der Waals surface area contributed by atoms with Crippen LogP contribution in [0, 0.1) is 18.7 Å². The standard InChI is InChI=1S/C16H24FN/c1-3-13-5-4-6-14(10-8-13)18-15-9-7-12(2)16(17)11-15/h7,9,11,13-14,18H,3-6,8,10H2,1-2H3. The summed E-state index contributed by atoms with van der Waals surface area (Å²) in [4.78, 5) is 0. The summed E-state index contributed by atoms with van der Waals surface area (Å²) in [5.41, 5.74) is 1.64. The lowest BCUT2D eigenvalue weighted by atomic mass is 9.98. The highest BCUT2D eigenvalue weighted by molar-refractivity contribution is 5.45. The molecule has 18 heavy (non-hydrogen) atoms. The van der Waals surface area contributed by atoms with Gasteiger partial charge in [0.1, 0.15) is 5.82 Å². The Bertz CT molecular complexity index is 389. The predicted molar refractivity (Wildman–Crippen MR) is 75.4 cm³/mol. The molecule has 1 aliphatic rings. The number of nitrogens with one attached hydrogen (secondary N) is 1. The molecule has 0 amide bonds. The van der Waals surface area contributed by atoms with E-state index < -0.39 is 0 Å². The summed E-state index contributed by atoms with van der Waals surface area (Å²) in [6.07, 6.45) is 7.69. The Hall–Kier alpha value is -1.05. The van der Waals surface area contributed by atoms with Crippen molar-refractivity contribution in [1.82, 2.24) is 0 Å². The second-order valence-electron chi connectivity index (χ2n) is 5.59. The third kappa shape index (κ3) is 3.47. The van der Waals surface area contributed by atoms with Crippen LogP contribution in [-0.4, -0.2) is 6.04 Å². The van der Waals surface area contributed by atoms with Crippen LogP contribution in [-0.2, 0) is 0 Å². The molecule has 2 rings (SSSR count). The fraction of sp³-hybridized carbons (Fsp3) is 0.625. The molecular weight excluding hydrogens is 225 g/mol. The van der Waals surface area contributed by atoms with Crippen LogP contribution in [0.1, 0.15) is 51.0 Å². The molecular formula is C16H24FN.